The van der Waals surface area contributed by atoms with E-state index in [9.17, 15) is 0 Å². The average molecular weight is 174 g/mol. The fourth-order valence-electron chi connectivity index (χ4n) is 1.77. The van der Waals surface area contributed by atoms with Crippen LogP contribution >= 0.6 is 0 Å². The molecule has 2 aromatic rings. The van der Waals surface area contributed by atoms with Gasteiger partial charge in [-0.1, -0.05) is 13.0 Å². The van der Waals surface area contributed by atoms with Crippen molar-refractivity contribution in [3.05, 3.63) is 30.0 Å². The second-order valence-corrected chi connectivity index (χ2v) is 3.40. The number of aromatic nitrogens is 1. The van der Waals surface area contributed by atoms with Crippen molar-refractivity contribution in [3.8, 4) is 0 Å². The quantitative estimate of drug-likeness (QED) is 0.661. The van der Waals surface area contributed by atoms with E-state index in [0.29, 0.717) is 0 Å². The van der Waals surface area contributed by atoms with Crippen LogP contribution in [0.2, 0.25) is 0 Å². The van der Waals surface area contributed by atoms with Crippen LogP contribution in [0.5, 0.6) is 0 Å². The molecule has 1 aromatic heterocycles. The molecule has 1 heterocycles. The van der Waals surface area contributed by atoms with E-state index in [2.05, 4.69) is 30.8 Å². The Morgan fingerprint density at radius 1 is 1.38 bits per heavy atom. The van der Waals surface area contributed by atoms with Crippen molar-refractivity contribution < 1.29 is 0 Å². The lowest BCUT2D eigenvalue weighted by atomic mass is 10.1. The van der Waals surface area contributed by atoms with Crippen molar-refractivity contribution in [2.75, 3.05) is 5.73 Å². The van der Waals surface area contributed by atoms with E-state index in [1.54, 1.807) is 0 Å². The number of fused-ring (bicyclic) bond motifs is 1. The molecule has 2 N–H and O–H groups in total. The highest BCUT2D eigenvalue weighted by Crippen LogP contribution is 2.22. The first kappa shape index (κ1) is 8.17. The molecule has 0 aliphatic rings. The summed E-state index contributed by atoms with van der Waals surface area (Å²) < 4.78 is 2.13. The van der Waals surface area contributed by atoms with Crippen molar-refractivity contribution in [1.82, 2.24) is 4.57 Å². The zero-order chi connectivity index (χ0) is 9.42. The Labute approximate surface area is 78.0 Å². The van der Waals surface area contributed by atoms with Gasteiger partial charge in [-0.25, -0.2) is 0 Å². The number of hydrogen-bond donors (Lipinski definition) is 1. The van der Waals surface area contributed by atoms with Crippen LogP contribution in [0.4, 0.5) is 5.69 Å². The van der Waals surface area contributed by atoms with Crippen LogP contribution in [-0.4, -0.2) is 4.57 Å². The van der Waals surface area contributed by atoms with Crippen molar-refractivity contribution in [3.63, 3.8) is 0 Å². The van der Waals surface area contributed by atoms with Crippen LogP contribution in [0, 0.1) is 0 Å². The van der Waals surface area contributed by atoms with Gasteiger partial charge >= 0.3 is 0 Å². The first-order chi connectivity index (χ1) is 6.22. The standard InChI is InChI=1S/C11H14N2/c1-3-8-7-13(2)11-6-9(12)4-5-10(8)11/h4-7H,3,12H2,1-2H3. The predicted octanol–water partition coefficient (Wildman–Crippen LogP) is 2.32. The molecule has 0 radical (unpaired) electrons. The van der Waals surface area contributed by atoms with Gasteiger partial charge < -0.3 is 10.3 Å². The molecule has 0 saturated heterocycles. The molecule has 0 unspecified atom stereocenters. The fraction of sp³-hybridized carbons (Fsp3) is 0.273. The van der Waals surface area contributed by atoms with Gasteiger partial charge in [-0.15, -0.1) is 0 Å². The van der Waals surface area contributed by atoms with Crippen molar-refractivity contribution in [1.29, 1.82) is 0 Å². The van der Waals surface area contributed by atoms with E-state index in [-0.39, 0.29) is 0 Å². The Morgan fingerprint density at radius 2 is 2.15 bits per heavy atom. The Balaban J connectivity index is 2.80. The summed E-state index contributed by atoms with van der Waals surface area (Å²) in [6.45, 7) is 2.17. The minimum Gasteiger partial charge on any atom is -0.399 e. The van der Waals surface area contributed by atoms with Gasteiger partial charge in [0.15, 0.2) is 0 Å². The third kappa shape index (κ3) is 1.18. The first-order valence-corrected chi connectivity index (χ1v) is 4.56. The maximum Gasteiger partial charge on any atom is 0.0501 e. The molecular formula is C11H14N2. The van der Waals surface area contributed by atoms with Crippen LogP contribution in [0.3, 0.4) is 0 Å². The molecule has 2 heteroatoms. The monoisotopic (exact) mass is 174 g/mol. The minimum absolute atomic E-state index is 0.830. The number of aryl methyl sites for hydroxylation is 2. The van der Waals surface area contributed by atoms with Crippen LogP contribution in [0.15, 0.2) is 24.4 Å². The molecule has 68 valence electrons. The summed E-state index contributed by atoms with van der Waals surface area (Å²) in [5.74, 6) is 0. The third-order valence-electron chi connectivity index (χ3n) is 2.48. The number of rotatable bonds is 1. The summed E-state index contributed by atoms with van der Waals surface area (Å²) >= 11 is 0. The Morgan fingerprint density at radius 3 is 2.85 bits per heavy atom. The third-order valence-corrected chi connectivity index (χ3v) is 2.48. The number of anilines is 1. The molecule has 0 amide bonds. The van der Waals surface area contributed by atoms with Crippen LogP contribution in [-0.2, 0) is 13.5 Å². The van der Waals surface area contributed by atoms with E-state index in [1.165, 1.54) is 16.5 Å². The lowest BCUT2D eigenvalue weighted by Gasteiger charge is -1.97. The van der Waals surface area contributed by atoms with Gasteiger partial charge in [0.1, 0.15) is 0 Å². The maximum atomic E-state index is 5.73. The van der Waals surface area contributed by atoms with Gasteiger partial charge in [-0.3, -0.25) is 0 Å². The van der Waals surface area contributed by atoms with E-state index < -0.39 is 0 Å². The average Bonchev–Trinajstić information content (AvgIpc) is 2.43. The molecule has 2 rings (SSSR count). The molecule has 2 nitrogen and oxygen atoms in total. The second kappa shape index (κ2) is 2.80. The van der Waals surface area contributed by atoms with Crippen molar-refractivity contribution in [2.24, 2.45) is 7.05 Å². The molecule has 0 atom stereocenters. The number of benzene rings is 1. The van der Waals surface area contributed by atoms with Gasteiger partial charge in [0.2, 0.25) is 0 Å². The van der Waals surface area contributed by atoms with E-state index in [4.69, 9.17) is 5.73 Å². The molecule has 0 saturated carbocycles. The summed E-state index contributed by atoms with van der Waals surface area (Å²) in [7, 11) is 2.06. The summed E-state index contributed by atoms with van der Waals surface area (Å²) in [5, 5.41) is 1.32. The van der Waals surface area contributed by atoms with Gasteiger partial charge in [-0.2, -0.15) is 0 Å². The highest BCUT2D eigenvalue weighted by atomic mass is 14.9. The highest BCUT2D eigenvalue weighted by molar-refractivity contribution is 5.86. The topological polar surface area (TPSA) is 30.9 Å². The Bertz CT molecular complexity index is 441. The van der Waals surface area contributed by atoms with Crippen molar-refractivity contribution in [2.45, 2.75) is 13.3 Å². The number of nitrogens with two attached hydrogens (primary N) is 1. The Kier molecular flexibility index (Phi) is 1.76. The largest absolute Gasteiger partial charge is 0.399 e. The second-order valence-electron chi connectivity index (χ2n) is 3.40. The van der Waals surface area contributed by atoms with Crippen LogP contribution < -0.4 is 5.73 Å². The lowest BCUT2D eigenvalue weighted by molar-refractivity contribution is 0.954. The Hall–Kier alpha value is -1.44. The molecule has 1 aromatic carbocycles. The van der Waals surface area contributed by atoms with Gasteiger partial charge in [0.05, 0.1) is 5.52 Å². The zero-order valence-electron chi connectivity index (χ0n) is 8.04. The zero-order valence-corrected chi connectivity index (χ0v) is 8.04. The molecule has 13 heavy (non-hydrogen) atoms. The normalized spacial score (nSPS) is 10.9. The summed E-state index contributed by atoms with van der Waals surface area (Å²) in [6, 6.07) is 6.08. The summed E-state index contributed by atoms with van der Waals surface area (Å²) in [6.07, 6.45) is 3.24. The van der Waals surface area contributed by atoms with Crippen LogP contribution in [0.25, 0.3) is 10.9 Å². The van der Waals surface area contributed by atoms with E-state index in [1.807, 2.05) is 12.1 Å². The molecular weight excluding hydrogens is 160 g/mol. The number of hydrogen-bond acceptors (Lipinski definition) is 1. The smallest absolute Gasteiger partial charge is 0.0501 e. The van der Waals surface area contributed by atoms with E-state index in [0.717, 1.165) is 12.1 Å². The summed E-state index contributed by atoms with van der Waals surface area (Å²) in [5.41, 5.74) is 9.17. The molecule has 0 aliphatic heterocycles. The number of nitrogen functional groups attached to an aromatic ring is 1. The molecule has 0 fully saturated rings. The molecule has 0 aliphatic carbocycles. The lowest BCUT2D eigenvalue weighted by Crippen LogP contribution is -1.87. The minimum atomic E-state index is 0.830. The van der Waals surface area contributed by atoms with E-state index >= 15 is 0 Å². The van der Waals surface area contributed by atoms with Gasteiger partial charge in [0.25, 0.3) is 0 Å². The number of nitrogens with zero attached hydrogens (tertiary/aromatic N) is 1. The van der Waals surface area contributed by atoms with Crippen molar-refractivity contribution >= 4 is 16.6 Å². The highest BCUT2D eigenvalue weighted by Gasteiger charge is 2.03. The van der Waals surface area contributed by atoms with Crippen LogP contribution in [0.1, 0.15) is 12.5 Å². The molecule has 0 bridgehead atoms. The maximum absolute atomic E-state index is 5.73. The van der Waals surface area contributed by atoms with Gasteiger partial charge in [0, 0.05) is 24.3 Å². The SMILES string of the molecule is CCc1cn(C)c2cc(N)ccc12. The first-order valence-electron chi connectivity index (χ1n) is 4.56. The molecule has 0 spiro atoms. The fourth-order valence-corrected chi connectivity index (χ4v) is 1.77. The van der Waals surface area contributed by atoms with Gasteiger partial charge in [-0.05, 0) is 24.1 Å². The summed E-state index contributed by atoms with van der Waals surface area (Å²) in [4.78, 5) is 0. The predicted molar refractivity (Wildman–Crippen MR) is 56.7 cm³/mol.